The van der Waals surface area contributed by atoms with E-state index in [1.165, 1.54) is 0 Å². The second-order valence-corrected chi connectivity index (χ2v) is 8.76. The first-order valence-electron chi connectivity index (χ1n) is 11.6. The minimum Gasteiger partial charge on any atom is -0.497 e. The molecule has 0 aromatic heterocycles. The van der Waals surface area contributed by atoms with Gasteiger partial charge < -0.3 is 24.6 Å². The number of hydrogen-bond acceptors (Lipinski definition) is 5. The third-order valence-electron chi connectivity index (χ3n) is 6.61. The Morgan fingerprint density at radius 3 is 2.38 bits per heavy atom. The van der Waals surface area contributed by atoms with E-state index < -0.39 is 0 Å². The van der Waals surface area contributed by atoms with E-state index in [0.717, 1.165) is 17.0 Å². The van der Waals surface area contributed by atoms with Crippen molar-refractivity contribution >= 4 is 23.4 Å². The number of methoxy groups -OCH3 is 2. The number of anilines is 1. The highest BCUT2D eigenvalue weighted by molar-refractivity contribution is 6.00. The predicted molar refractivity (Wildman–Crippen MR) is 128 cm³/mol. The zero-order valence-electron chi connectivity index (χ0n) is 19.7. The van der Waals surface area contributed by atoms with Crippen molar-refractivity contribution in [3.8, 4) is 11.5 Å². The Morgan fingerprint density at radius 2 is 1.71 bits per heavy atom. The molecule has 2 aromatic carbocycles. The van der Waals surface area contributed by atoms with Crippen LogP contribution in [0.3, 0.4) is 0 Å². The topological polar surface area (TPSA) is 88.2 Å². The monoisotopic (exact) mass is 465 g/mol. The predicted octanol–water partition coefficient (Wildman–Crippen LogP) is 2.41. The van der Waals surface area contributed by atoms with Gasteiger partial charge in [0.05, 0.1) is 26.6 Å². The van der Waals surface area contributed by atoms with Gasteiger partial charge in [-0.2, -0.15) is 0 Å². The van der Waals surface area contributed by atoms with E-state index in [9.17, 15) is 14.4 Å². The van der Waals surface area contributed by atoms with Crippen LogP contribution in [-0.4, -0.2) is 62.5 Å². The summed E-state index contributed by atoms with van der Waals surface area (Å²) in [6.07, 6.45) is 1.90. The fraction of sp³-hybridized carbons (Fsp3) is 0.423. The van der Waals surface area contributed by atoms with Gasteiger partial charge in [-0.25, -0.2) is 0 Å². The lowest BCUT2D eigenvalue weighted by atomic mass is 10.0. The molecule has 34 heavy (non-hydrogen) atoms. The second-order valence-electron chi connectivity index (χ2n) is 8.76. The number of nitrogens with one attached hydrogen (secondary N) is 1. The fourth-order valence-electron chi connectivity index (χ4n) is 4.61. The lowest BCUT2D eigenvalue weighted by Crippen LogP contribution is -2.48. The normalized spacial score (nSPS) is 18.6. The van der Waals surface area contributed by atoms with Crippen LogP contribution in [0.5, 0.6) is 11.5 Å². The average Bonchev–Trinajstić information content (AvgIpc) is 3.26. The summed E-state index contributed by atoms with van der Waals surface area (Å²) in [5.74, 6) is 0.973. The summed E-state index contributed by atoms with van der Waals surface area (Å²) in [5.41, 5.74) is 1.64. The molecule has 0 radical (unpaired) electrons. The van der Waals surface area contributed by atoms with Crippen LogP contribution >= 0.6 is 0 Å². The molecule has 8 heteroatoms. The van der Waals surface area contributed by atoms with Gasteiger partial charge in [-0.3, -0.25) is 14.4 Å². The maximum atomic E-state index is 12.9. The van der Waals surface area contributed by atoms with Crippen LogP contribution in [0.1, 0.15) is 24.8 Å². The van der Waals surface area contributed by atoms with Crippen molar-refractivity contribution in [1.29, 1.82) is 0 Å². The number of carbonyl (C=O) groups excluding carboxylic acids is 3. The molecule has 2 heterocycles. The Kier molecular flexibility index (Phi) is 7.35. The first-order valence-corrected chi connectivity index (χ1v) is 11.6. The molecule has 2 fully saturated rings. The molecule has 0 saturated carbocycles. The van der Waals surface area contributed by atoms with Gasteiger partial charge in [0.1, 0.15) is 11.5 Å². The van der Waals surface area contributed by atoms with Crippen LogP contribution < -0.4 is 19.7 Å². The lowest BCUT2D eigenvalue weighted by molar-refractivity contribution is -0.132. The Balaban J connectivity index is 1.25. The van der Waals surface area contributed by atoms with Crippen molar-refractivity contribution in [1.82, 2.24) is 10.2 Å². The molecule has 8 nitrogen and oxygen atoms in total. The Morgan fingerprint density at radius 1 is 1.00 bits per heavy atom. The summed E-state index contributed by atoms with van der Waals surface area (Å²) in [6, 6.07) is 14.8. The molecule has 3 amide bonds. The number of amides is 3. The van der Waals surface area contributed by atoms with E-state index in [1.807, 2.05) is 41.3 Å². The number of ether oxygens (including phenoxy) is 2. The van der Waals surface area contributed by atoms with Gasteiger partial charge in [0.15, 0.2) is 0 Å². The number of benzene rings is 2. The van der Waals surface area contributed by atoms with Crippen LogP contribution in [-0.2, 0) is 20.8 Å². The van der Waals surface area contributed by atoms with Crippen molar-refractivity contribution in [3.05, 3.63) is 54.1 Å². The van der Waals surface area contributed by atoms with E-state index in [1.54, 1.807) is 31.3 Å². The smallest absolute Gasteiger partial charge is 0.227 e. The fourth-order valence-corrected chi connectivity index (χ4v) is 4.61. The highest BCUT2D eigenvalue weighted by atomic mass is 16.5. The number of piperidine rings is 1. The maximum Gasteiger partial charge on any atom is 0.227 e. The number of likely N-dealkylation sites (tertiary alicyclic amines) is 1. The first kappa shape index (κ1) is 23.6. The van der Waals surface area contributed by atoms with Crippen molar-refractivity contribution in [2.45, 2.75) is 31.7 Å². The summed E-state index contributed by atoms with van der Waals surface area (Å²) in [7, 11) is 3.20. The molecule has 180 valence electrons. The molecule has 1 unspecified atom stereocenters. The SMILES string of the molecule is COc1ccc(N2CC(C(=O)NC3CCN(C(=O)Cc4ccccc4OC)CC3)CC2=O)cc1. The molecule has 0 spiro atoms. The third-order valence-corrected chi connectivity index (χ3v) is 6.61. The van der Waals surface area contributed by atoms with Gasteiger partial charge in [-0.15, -0.1) is 0 Å². The number of hydrogen-bond donors (Lipinski definition) is 1. The number of nitrogens with zero attached hydrogens (tertiary/aromatic N) is 2. The molecule has 0 bridgehead atoms. The van der Waals surface area contributed by atoms with E-state index in [-0.39, 0.29) is 36.1 Å². The molecule has 1 N–H and O–H groups in total. The van der Waals surface area contributed by atoms with E-state index in [2.05, 4.69) is 5.32 Å². The summed E-state index contributed by atoms with van der Waals surface area (Å²) < 4.78 is 10.5. The summed E-state index contributed by atoms with van der Waals surface area (Å²) in [4.78, 5) is 41.6. The Hall–Kier alpha value is -3.55. The van der Waals surface area contributed by atoms with Crippen molar-refractivity contribution < 1.29 is 23.9 Å². The highest BCUT2D eigenvalue weighted by Crippen LogP contribution is 2.27. The average molecular weight is 466 g/mol. The van der Waals surface area contributed by atoms with Gasteiger partial charge in [0.2, 0.25) is 17.7 Å². The van der Waals surface area contributed by atoms with Crippen molar-refractivity contribution in [3.63, 3.8) is 0 Å². The van der Waals surface area contributed by atoms with Crippen LogP contribution in [0, 0.1) is 5.92 Å². The molecule has 2 saturated heterocycles. The minimum absolute atomic E-state index is 0.00736. The molecule has 2 aromatic rings. The zero-order valence-corrected chi connectivity index (χ0v) is 19.7. The second kappa shape index (κ2) is 10.6. The van der Waals surface area contributed by atoms with Crippen LogP contribution in [0.4, 0.5) is 5.69 Å². The minimum atomic E-state index is -0.375. The molecule has 2 aliphatic rings. The highest BCUT2D eigenvalue weighted by Gasteiger charge is 2.36. The molecule has 4 rings (SSSR count). The standard InChI is InChI=1S/C26H31N3O5/c1-33-22-9-7-21(8-10-22)29-17-19(16-25(29)31)26(32)27-20-11-13-28(14-12-20)24(30)15-18-5-3-4-6-23(18)34-2/h3-10,19-20H,11-17H2,1-2H3,(H,27,32). The van der Waals surface area contributed by atoms with Crippen LogP contribution in [0.2, 0.25) is 0 Å². The number of rotatable bonds is 7. The van der Waals surface area contributed by atoms with Gasteiger partial charge in [0, 0.05) is 43.3 Å². The van der Waals surface area contributed by atoms with Crippen molar-refractivity contribution in [2.24, 2.45) is 5.92 Å². The summed E-state index contributed by atoms with van der Waals surface area (Å²) in [5, 5.41) is 3.10. The molecular formula is C26H31N3O5. The van der Waals surface area contributed by atoms with Gasteiger partial charge in [0.25, 0.3) is 0 Å². The quantitative estimate of drug-likeness (QED) is 0.679. The molecule has 1 atom stereocenters. The largest absolute Gasteiger partial charge is 0.497 e. The number of carbonyl (C=O) groups is 3. The van der Waals surface area contributed by atoms with Gasteiger partial charge in [-0.1, -0.05) is 18.2 Å². The van der Waals surface area contributed by atoms with Crippen LogP contribution in [0.25, 0.3) is 0 Å². The Labute approximate surface area is 199 Å². The van der Waals surface area contributed by atoms with E-state index >= 15 is 0 Å². The third kappa shape index (κ3) is 5.32. The zero-order chi connectivity index (χ0) is 24.1. The van der Waals surface area contributed by atoms with E-state index in [0.29, 0.717) is 44.6 Å². The molecule has 0 aliphatic carbocycles. The van der Waals surface area contributed by atoms with Gasteiger partial charge >= 0.3 is 0 Å². The lowest BCUT2D eigenvalue weighted by Gasteiger charge is -2.33. The Bertz CT molecular complexity index is 1030. The van der Waals surface area contributed by atoms with Crippen LogP contribution in [0.15, 0.2) is 48.5 Å². The molecular weight excluding hydrogens is 434 g/mol. The first-order chi connectivity index (χ1) is 16.5. The maximum absolute atomic E-state index is 12.9. The van der Waals surface area contributed by atoms with E-state index in [4.69, 9.17) is 9.47 Å². The number of para-hydroxylation sites is 1. The summed E-state index contributed by atoms with van der Waals surface area (Å²) in [6.45, 7) is 1.56. The van der Waals surface area contributed by atoms with Gasteiger partial charge in [-0.05, 0) is 43.2 Å². The van der Waals surface area contributed by atoms with Crippen molar-refractivity contribution in [2.75, 3.05) is 38.8 Å². The molecule has 2 aliphatic heterocycles. The summed E-state index contributed by atoms with van der Waals surface area (Å²) >= 11 is 0.